The number of rotatable bonds is 8. The van der Waals surface area contributed by atoms with Gasteiger partial charge in [-0.25, -0.2) is 0 Å². The molecule has 3 amide bonds. The second kappa shape index (κ2) is 10.9. The molecule has 7 nitrogen and oxygen atoms in total. The highest BCUT2D eigenvalue weighted by Crippen LogP contribution is 2.26. The van der Waals surface area contributed by atoms with Crippen LogP contribution in [-0.2, 0) is 14.4 Å². The fourth-order valence-electron chi connectivity index (χ4n) is 3.46. The number of hydrogen-bond acceptors (Lipinski definition) is 5. The first kappa shape index (κ1) is 22.7. The molecule has 0 spiro atoms. The van der Waals surface area contributed by atoms with E-state index in [-0.39, 0.29) is 23.6 Å². The third-order valence-corrected chi connectivity index (χ3v) is 6.14. The van der Waals surface area contributed by atoms with E-state index in [0.29, 0.717) is 25.3 Å². The molecule has 1 aliphatic heterocycles. The van der Waals surface area contributed by atoms with Crippen molar-refractivity contribution in [1.29, 1.82) is 0 Å². The number of nitrogens with one attached hydrogen (secondary N) is 1. The number of likely N-dealkylation sites (tertiary alicyclic amines) is 1. The molecule has 0 bridgehead atoms. The summed E-state index contributed by atoms with van der Waals surface area (Å²) in [5.41, 5.74) is 5.42. The number of nitrogens with two attached hydrogens (primary N) is 1. The highest BCUT2D eigenvalue weighted by atomic mass is 32.2. The van der Waals surface area contributed by atoms with Gasteiger partial charge in [0.1, 0.15) is 17.5 Å². The van der Waals surface area contributed by atoms with Crippen molar-refractivity contribution < 1.29 is 19.1 Å². The van der Waals surface area contributed by atoms with Crippen LogP contribution in [0.25, 0.3) is 0 Å². The van der Waals surface area contributed by atoms with Gasteiger partial charge in [0.15, 0.2) is 0 Å². The summed E-state index contributed by atoms with van der Waals surface area (Å²) in [6.45, 7) is 2.26. The van der Waals surface area contributed by atoms with Gasteiger partial charge in [0.25, 0.3) is 0 Å². The zero-order valence-corrected chi connectivity index (χ0v) is 18.3. The SMILES string of the molecule is CC(=O)NC(CSc1ccc(Oc2ccccc2)cc1)C(=O)N1CCCC(C(N)=O)C1. The van der Waals surface area contributed by atoms with Crippen molar-refractivity contribution >= 4 is 29.5 Å². The molecule has 2 atom stereocenters. The lowest BCUT2D eigenvalue weighted by atomic mass is 9.97. The van der Waals surface area contributed by atoms with E-state index in [1.165, 1.54) is 18.7 Å². The highest BCUT2D eigenvalue weighted by molar-refractivity contribution is 7.99. The maximum Gasteiger partial charge on any atom is 0.246 e. The van der Waals surface area contributed by atoms with Gasteiger partial charge in [0, 0.05) is 30.7 Å². The van der Waals surface area contributed by atoms with Crippen molar-refractivity contribution in [2.24, 2.45) is 11.7 Å². The quantitative estimate of drug-likeness (QED) is 0.614. The van der Waals surface area contributed by atoms with E-state index < -0.39 is 6.04 Å². The van der Waals surface area contributed by atoms with Gasteiger partial charge >= 0.3 is 0 Å². The summed E-state index contributed by atoms with van der Waals surface area (Å²) >= 11 is 1.48. The fourth-order valence-corrected chi connectivity index (χ4v) is 4.37. The van der Waals surface area contributed by atoms with Crippen LogP contribution in [-0.4, -0.2) is 47.5 Å². The van der Waals surface area contributed by atoms with Crippen LogP contribution in [0.5, 0.6) is 11.5 Å². The normalized spacial score (nSPS) is 16.9. The molecule has 1 heterocycles. The molecule has 31 heavy (non-hydrogen) atoms. The Hall–Kier alpha value is -3.00. The Morgan fingerprint density at radius 3 is 2.45 bits per heavy atom. The number of piperidine rings is 1. The molecule has 0 aromatic heterocycles. The largest absolute Gasteiger partial charge is 0.457 e. The van der Waals surface area contributed by atoms with Gasteiger partial charge in [0.05, 0.1) is 5.92 Å². The van der Waals surface area contributed by atoms with E-state index in [1.807, 2.05) is 54.6 Å². The maximum atomic E-state index is 13.0. The maximum absolute atomic E-state index is 13.0. The summed E-state index contributed by atoms with van der Waals surface area (Å²) < 4.78 is 5.79. The smallest absolute Gasteiger partial charge is 0.246 e. The molecule has 0 aliphatic carbocycles. The van der Waals surface area contributed by atoms with E-state index in [1.54, 1.807) is 4.90 Å². The van der Waals surface area contributed by atoms with E-state index in [4.69, 9.17) is 10.5 Å². The number of benzene rings is 2. The lowest BCUT2D eigenvalue weighted by Gasteiger charge is -2.33. The Morgan fingerprint density at radius 2 is 1.81 bits per heavy atom. The molecule has 2 aromatic rings. The average Bonchev–Trinajstić information content (AvgIpc) is 2.77. The van der Waals surface area contributed by atoms with Crippen LogP contribution in [0.2, 0.25) is 0 Å². The van der Waals surface area contributed by atoms with Crippen LogP contribution in [0.1, 0.15) is 19.8 Å². The molecule has 3 rings (SSSR count). The number of para-hydroxylation sites is 1. The Balaban J connectivity index is 1.60. The van der Waals surface area contributed by atoms with E-state index in [2.05, 4.69) is 5.32 Å². The minimum absolute atomic E-state index is 0.183. The molecule has 1 fully saturated rings. The van der Waals surface area contributed by atoms with Crippen molar-refractivity contribution in [2.75, 3.05) is 18.8 Å². The number of primary amides is 1. The molecule has 2 unspecified atom stereocenters. The van der Waals surface area contributed by atoms with Gasteiger partial charge < -0.3 is 20.7 Å². The number of nitrogens with zero attached hydrogens (tertiary/aromatic N) is 1. The third-order valence-electron chi connectivity index (χ3n) is 5.03. The summed E-state index contributed by atoms with van der Waals surface area (Å²) in [5.74, 6) is 0.688. The van der Waals surface area contributed by atoms with Crippen LogP contribution in [0.15, 0.2) is 59.5 Å². The van der Waals surface area contributed by atoms with Crippen molar-refractivity contribution in [3.05, 3.63) is 54.6 Å². The molecule has 164 valence electrons. The van der Waals surface area contributed by atoms with Crippen molar-refractivity contribution in [1.82, 2.24) is 10.2 Å². The molecule has 1 saturated heterocycles. The lowest BCUT2D eigenvalue weighted by Crippen LogP contribution is -2.53. The van der Waals surface area contributed by atoms with Crippen molar-refractivity contribution in [3.8, 4) is 11.5 Å². The third kappa shape index (κ3) is 6.75. The second-order valence-electron chi connectivity index (χ2n) is 7.48. The zero-order chi connectivity index (χ0) is 22.2. The predicted octanol–water partition coefficient (Wildman–Crippen LogP) is 2.80. The Bertz CT molecular complexity index is 905. The Labute approximate surface area is 186 Å². The predicted molar refractivity (Wildman–Crippen MR) is 120 cm³/mol. The second-order valence-corrected chi connectivity index (χ2v) is 8.57. The monoisotopic (exact) mass is 441 g/mol. The van der Waals surface area contributed by atoms with E-state index >= 15 is 0 Å². The van der Waals surface area contributed by atoms with Crippen LogP contribution in [0, 0.1) is 5.92 Å². The number of hydrogen-bond donors (Lipinski definition) is 2. The molecule has 0 saturated carbocycles. The Kier molecular flexibility index (Phi) is 7.94. The molecular weight excluding hydrogens is 414 g/mol. The van der Waals surface area contributed by atoms with Gasteiger partial charge in [-0.15, -0.1) is 11.8 Å². The summed E-state index contributed by atoms with van der Waals surface area (Å²) in [4.78, 5) is 38.8. The molecule has 2 aromatic carbocycles. The first-order valence-electron chi connectivity index (χ1n) is 10.2. The van der Waals surface area contributed by atoms with Gasteiger partial charge in [-0.2, -0.15) is 0 Å². The molecule has 8 heteroatoms. The van der Waals surface area contributed by atoms with Crippen molar-refractivity contribution in [3.63, 3.8) is 0 Å². The number of carbonyl (C=O) groups is 3. The minimum Gasteiger partial charge on any atom is -0.457 e. The topological polar surface area (TPSA) is 102 Å². The lowest BCUT2D eigenvalue weighted by molar-refractivity contribution is -0.138. The summed E-state index contributed by atoms with van der Waals surface area (Å²) in [6, 6.07) is 16.4. The summed E-state index contributed by atoms with van der Waals surface area (Å²) in [7, 11) is 0. The Morgan fingerprint density at radius 1 is 1.13 bits per heavy atom. The number of ether oxygens (including phenoxy) is 1. The molecular formula is C23H27N3O4S. The first-order chi connectivity index (χ1) is 14.9. The van der Waals surface area contributed by atoms with Gasteiger partial charge in [-0.3, -0.25) is 14.4 Å². The van der Waals surface area contributed by atoms with Crippen LogP contribution < -0.4 is 15.8 Å². The number of amides is 3. The van der Waals surface area contributed by atoms with Crippen LogP contribution in [0.4, 0.5) is 0 Å². The summed E-state index contributed by atoms with van der Waals surface area (Å²) in [6.07, 6.45) is 1.41. The average molecular weight is 442 g/mol. The summed E-state index contributed by atoms with van der Waals surface area (Å²) in [5, 5.41) is 2.74. The van der Waals surface area contributed by atoms with Crippen LogP contribution in [0.3, 0.4) is 0 Å². The minimum atomic E-state index is -0.672. The number of carbonyl (C=O) groups excluding carboxylic acids is 3. The molecule has 0 radical (unpaired) electrons. The number of thioether (sulfide) groups is 1. The first-order valence-corrected chi connectivity index (χ1v) is 11.2. The van der Waals surface area contributed by atoms with E-state index in [9.17, 15) is 14.4 Å². The molecule has 3 N–H and O–H groups in total. The highest BCUT2D eigenvalue weighted by Gasteiger charge is 2.31. The van der Waals surface area contributed by atoms with Crippen molar-refractivity contribution in [2.45, 2.75) is 30.7 Å². The van der Waals surface area contributed by atoms with Gasteiger partial charge in [-0.1, -0.05) is 18.2 Å². The van der Waals surface area contributed by atoms with Gasteiger partial charge in [-0.05, 0) is 49.2 Å². The standard InChI is InChI=1S/C23H27N3O4S/c1-16(27)25-21(23(29)26-13-5-6-17(14-26)22(24)28)15-31-20-11-9-19(10-12-20)30-18-7-3-2-4-8-18/h2-4,7-12,17,21H,5-6,13-15H2,1H3,(H2,24,28)(H,25,27). The zero-order valence-electron chi connectivity index (χ0n) is 17.5. The fraction of sp³-hybridized carbons (Fsp3) is 0.348. The van der Waals surface area contributed by atoms with Crippen LogP contribution >= 0.6 is 11.8 Å². The van der Waals surface area contributed by atoms with E-state index in [0.717, 1.165) is 22.8 Å². The van der Waals surface area contributed by atoms with Gasteiger partial charge in [0.2, 0.25) is 17.7 Å². The molecule has 1 aliphatic rings.